The van der Waals surface area contributed by atoms with Gasteiger partial charge in [0.1, 0.15) is 6.54 Å². The summed E-state index contributed by atoms with van der Waals surface area (Å²) in [6.45, 7) is 6.17. The number of urea groups is 1. The van der Waals surface area contributed by atoms with Crippen LogP contribution >= 0.6 is 0 Å². The summed E-state index contributed by atoms with van der Waals surface area (Å²) in [4.78, 5) is 30.5. The van der Waals surface area contributed by atoms with E-state index in [1.54, 1.807) is 16.8 Å². The summed E-state index contributed by atoms with van der Waals surface area (Å²) in [5.74, 6) is 0.715. The number of carbonyl (C=O) groups excluding carboxylic acids is 2. The summed E-state index contributed by atoms with van der Waals surface area (Å²) in [5.41, 5.74) is 1.89. The molecule has 2 heterocycles. The van der Waals surface area contributed by atoms with Gasteiger partial charge in [0.25, 0.3) is 0 Å². The molecule has 3 amide bonds. The first-order valence-electron chi connectivity index (χ1n) is 9.93. The maximum atomic E-state index is 12.8. The van der Waals surface area contributed by atoms with Gasteiger partial charge >= 0.3 is 6.03 Å². The predicted octanol–water partition coefficient (Wildman–Crippen LogP) is 2.70. The fourth-order valence-corrected chi connectivity index (χ4v) is 4.14. The highest BCUT2D eigenvalue weighted by molar-refractivity contribution is 5.99. The minimum atomic E-state index is -0.286. The van der Waals surface area contributed by atoms with Crippen molar-refractivity contribution in [1.29, 1.82) is 0 Å². The molecule has 1 aromatic carbocycles. The molecule has 148 valence electrons. The average molecular weight is 373 g/mol. The number of piperidine rings is 1. The lowest BCUT2D eigenvalue weighted by molar-refractivity contribution is -0.131. The Morgan fingerprint density at radius 2 is 1.89 bits per heavy atom. The summed E-state index contributed by atoms with van der Waals surface area (Å²) in [6, 6.07) is 7.62. The Balaban J connectivity index is 1.61. The van der Waals surface area contributed by atoms with E-state index >= 15 is 0 Å². The number of nitrogens with zero attached hydrogens (tertiary/aromatic N) is 3. The molecule has 3 rings (SSSR count). The fourth-order valence-electron chi connectivity index (χ4n) is 4.14. The summed E-state index contributed by atoms with van der Waals surface area (Å²) in [7, 11) is 1.76. The van der Waals surface area contributed by atoms with Gasteiger partial charge in [0, 0.05) is 26.7 Å². The Morgan fingerprint density at radius 3 is 2.56 bits per heavy atom. The van der Waals surface area contributed by atoms with Crippen molar-refractivity contribution in [2.24, 2.45) is 11.8 Å². The molecule has 0 aromatic heterocycles. The predicted molar refractivity (Wildman–Crippen MR) is 105 cm³/mol. The first-order valence-corrected chi connectivity index (χ1v) is 9.93. The highest BCUT2D eigenvalue weighted by Gasteiger charge is 2.32. The Hall–Kier alpha value is -2.08. The van der Waals surface area contributed by atoms with Crippen LogP contribution in [0.1, 0.15) is 38.7 Å². The van der Waals surface area contributed by atoms with Gasteiger partial charge in [-0.2, -0.15) is 0 Å². The van der Waals surface area contributed by atoms with Gasteiger partial charge in [-0.25, -0.2) is 4.79 Å². The largest absolute Gasteiger partial charge is 0.393 e. The molecule has 1 N–H and O–H groups in total. The van der Waals surface area contributed by atoms with Gasteiger partial charge in [0.15, 0.2) is 0 Å². The quantitative estimate of drug-likeness (QED) is 0.863. The highest BCUT2D eigenvalue weighted by atomic mass is 16.3. The number of benzene rings is 1. The van der Waals surface area contributed by atoms with E-state index in [2.05, 4.69) is 13.8 Å². The van der Waals surface area contributed by atoms with E-state index in [-0.39, 0.29) is 30.5 Å². The van der Waals surface area contributed by atoms with Crippen LogP contribution in [-0.4, -0.2) is 59.6 Å². The van der Waals surface area contributed by atoms with Crippen LogP contribution in [0.15, 0.2) is 24.3 Å². The number of rotatable bonds is 5. The second-order valence-electron chi connectivity index (χ2n) is 8.27. The number of hydrogen-bond donors (Lipinski definition) is 1. The first kappa shape index (κ1) is 19.7. The molecule has 1 atom stereocenters. The summed E-state index contributed by atoms with van der Waals surface area (Å²) in [5, 5.41) is 10.3. The number of carbonyl (C=O) groups is 2. The molecule has 1 saturated heterocycles. The van der Waals surface area contributed by atoms with E-state index in [0.29, 0.717) is 25.6 Å². The minimum Gasteiger partial charge on any atom is -0.393 e. The zero-order chi connectivity index (χ0) is 19.6. The number of likely N-dealkylation sites (tertiary alicyclic amines) is 1. The van der Waals surface area contributed by atoms with Crippen LogP contribution in [0.3, 0.4) is 0 Å². The van der Waals surface area contributed by atoms with E-state index < -0.39 is 0 Å². The smallest absolute Gasteiger partial charge is 0.325 e. The number of aliphatic hydroxyl groups excluding tert-OH is 1. The van der Waals surface area contributed by atoms with Crippen LogP contribution in [-0.2, 0) is 11.3 Å². The molecule has 6 nitrogen and oxygen atoms in total. The van der Waals surface area contributed by atoms with Crippen LogP contribution in [0.5, 0.6) is 0 Å². The third-order valence-corrected chi connectivity index (χ3v) is 5.69. The fraction of sp³-hybridized carbons (Fsp3) is 0.619. The second kappa shape index (κ2) is 8.30. The van der Waals surface area contributed by atoms with Crippen molar-refractivity contribution in [2.45, 2.75) is 45.8 Å². The highest BCUT2D eigenvalue weighted by Crippen LogP contribution is 2.28. The molecule has 0 radical (unpaired) electrons. The molecule has 27 heavy (non-hydrogen) atoms. The Labute approximate surface area is 161 Å². The van der Waals surface area contributed by atoms with Gasteiger partial charge < -0.3 is 14.9 Å². The Morgan fingerprint density at radius 1 is 1.22 bits per heavy atom. The number of amides is 3. The zero-order valence-electron chi connectivity index (χ0n) is 16.6. The molecule has 1 unspecified atom stereocenters. The topological polar surface area (TPSA) is 64.1 Å². The molecule has 2 aliphatic heterocycles. The molecule has 0 spiro atoms. The summed E-state index contributed by atoms with van der Waals surface area (Å²) >= 11 is 0. The number of fused-ring (bicyclic) bond motifs is 1. The number of para-hydroxylation sites is 1. The lowest BCUT2D eigenvalue weighted by Gasteiger charge is -2.38. The van der Waals surface area contributed by atoms with E-state index in [9.17, 15) is 14.7 Å². The van der Waals surface area contributed by atoms with Gasteiger partial charge in [-0.1, -0.05) is 32.0 Å². The van der Waals surface area contributed by atoms with Crippen LogP contribution in [0.25, 0.3) is 0 Å². The first-order chi connectivity index (χ1) is 12.9. The molecular weight excluding hydrogens is 342 g/mol. The monoisotopic (exact) mass is 373 g/mol. The van der Waals surface area contributed by atoms with E-state index in [1.165, 1.54) is 0 Å². The zero-order valence-corrected chi connectivity index (χ0v) is 16.6. The van der Waals surface area contributed by atoms with Gasteiger partial charge in [-0.3, -0.25) is 9.69 Å². The van der Waals surface area contributed by atoms with Crippen LogP contribution in [0, 0.1) is 11.8 Å². The van der Waals surface area contributed by atoms with Gasteiger partial charge in [0.2, 0.25) is 5.91 Å². The second-order valence-corrected chi connectivity index (χ2v) is 8.27. The molecule has 0 aliphatic carbocycles. The maximum Gasteiger partial charge on any atom is 0.325 e. The molecule has 1 fully saturated rings. The van der Waals surface area contributed by atoms with Gasteiger partial charge in [-0.05, 0) is 42.7 Å². The van der Waals surface area contributed by atoms with Crippen molar-refractivity contribution in [1.82, 2.24) is 9.80 Å². The van der Waals surface area contributed by atoms with E-state index in [1.807, 2.05) is 29.2 Å². The van der Waals surface area contributed by atoms with E-state index in [4.69, 9.17) is 0 Å². The van der Waals surface area contributed by atoms with E-state index in [0.717, 1.165) is 30.5 Å². The van der Waals surface area contributed by atoms with Crippen LogP contribution in [0.2, 0.25) is 0 Å². The molecular formula is C21H31N3O3. The number of anilines is 1. The van der Waals surface area contributed by atoms with Crippen molar-refractivity contribution >= 4 is 17.6 Å². The molecule has 0 saturated carbocycles. The normalized spacial score (nSPS) is 19.4. The van der Waals surface area contributed by atoms with Gasteiger partial charge in [0.05, 0.1) is 11.8 Å². The molecule has 1 aromatic rings. The standard InChI is InChI=1S/C21H31N3O3/c1-15(2)12-19(25)16-8-10-23(11-9-16)20(26)14-24-18-7-5-4-6-17(18)13-22(3)21(24)27/h4-7,15-16,19,25H,8-14H2,1-3H3. The van der Waals surface area contributed by atoms with Crippen molar-refractivity contribution in [2.75, 3.05) is 31.6 Å². The third kappa shape index (κ3) is 4.43. The molecule has 6 heteroatoms. The van der Waals surface area contributed by atoms with Gasteiger partial charge in [-0.15, -0.1) is 0 Å². The van der Waals surface area contributed by atoms with Crippen molar-refractivity contribution in [3.8, 4) is 0 Å². The van der Waals surface area contributed by atoms with Crippen molar-refractivity contribution < 1.29 is 14.7 Å². The summed E-state index contributed by atoms with van der Waals surface area (Å²) < 4.78 is 0. The SMILES string of the molecule is CC(C)CC(O)C1CCN(C(=O)CN2C(=O)N(C)Cc3ccccc32)CC1. The third-order valence-electron chi connectivity index (χ3n) is 5.69. The molecule has 2 aliphatic rings. The van der Waals surface area contributed by atoms with Crippen LogP contribution in [0.4, 0.5) is 10.5 Å². The number of hydrogen-bond acceptors (Lipinski definition) is 3. The summed E-state index contributed by atoms with van der Waals surface area (Å²) in [6.07, 6.45) is 2.17. The molecule has 0 bridgehead atoms. The van der Waals surface area contributed by atoms with Crippen molar-refractivity contribution in [3.63, 3.8) is 0 Å². The Kier molecular flexibility index (Phi) is 6.05. The number of aliphatic hydroxyl groups is 1. The lowest BCUT2D eigenvalue weighted by atomic mass is 9.87. The average Bonchev–Trinajstić information content (AvgIpc) is 2.65. The minimum absolute atomic E-state index is 0.0229. The van der Waals surface area contributed by atoms with Crippen LogP contribution < -0.4 is 4.90 Å². The maximum absolute atomic E-state index is 12.8. The Bertz CT molecular complexity index is 683. The lowest BCUT2D eigenvalue weighted by Crippen LogP contribution is -2.51. The van der Waals surface area contributed by atoms with Crippen molar-refractivity contribution in [3.05, 3.63) is 29.8 Å².